The Bertz CT molecular complexity index is 202. The van der Waals surface area contributed by atoms with Crippen molar-refractivity contribution in [2.24, 2.45) is 5.84 Å². The van der Waals surface area contributed by atoms with E-state index in [1.54, 1.807) is 11.5 Å². The molecule has 0 amide bonds. The van der Waals surface area contributed by atoms with Gasteiger partial charge in [0.1, 0.15) is 5.70 Å². The van der Waals surface area contributed by atoms with Crippen LogP contribution in [0.1, 0.15) is 19.3 Å². The molecule has 0 saturated carbocycles. The molecule has 0 heterocycles. The maximum atomic E-state index is 5.45. The van der Waals surface area contributed by atoms with Crippen molar-refractivity contribution in [3.63, 3.8) is 0 Å². The average molecular weight is 151 g/mol. The fraction of sp³-hybridized carbons (Fsp3) is 0.333. The van der Waals surface area contributed by atoms with Crippen molar-refractivity contribution in [3.8, 4) is 0 Å². The molecular formula is C9H15N2+. The van der Waals surface area contributed by atoms with E-state index < -0.39 is 0 Å². The lowest BCUT2D eigenvalue weighted by Crippen LogP contribution is -2.89. The summed E-state index contributed by atoms with van der Waals surface area (Å²) in [6.07, 6.45) is 9.38. The highest BCUT2D eigenvalue weighted by Crippen LogP contribution is 2.21. The maximum Gasteiger partial charge on any atom is 0.128 e. The number of nitrogens with two attached hydrogens (primary N) is 2. The Morgan fingerprint density at radius 1 is 1.45 bits per heavy atom. The van der Waals surface area contributed by atoms with E-state index in [1.165, 1.54) is 17.7 Å². The van der Waals surface area contributed by atoms with E-state index in [4.69, 9.17) is 5.84 Å². The zero-order valence-electron chi connectivity index (χ0n) is 6.72. The van der Waals surface area contributed by atoms with Crippen molar-refractivity contribution in [3.05, 3.63) is 36.1 Å². The number of quaternary nitrogens is 1. The topological polar surface area (TPSA) is 42.6 Å². The third-order valence-electron chi connectivity index (χ3n) is 1.94. The van der Waals surface area contributed by atoms with Gasteiger partial charge in [0.15, 0.2) is 0 Å². The smallest absolute Gasteiger partial charge is 0.128 e. The van der Waals surface area contributed by atoms with Crippen LogP contribution >= 0.6 is 0 Å². The maximum absolute atomic E-state index is 5.45. The van der Waals surface area contributed by atoms with Gasteiger partial charge in [-0.2, -0.15) is 5.84 Å². The van der Waals surface area contributed by atoms with Crippen LogP contribution in [0.25, 0.3) is 0 Å². The Balaban J connectivity index is 2.66. The first-order valence-electron chi connectivity index (χ1n) is 3.94. The van der Waals surface area contributed by atoms with E-state index in [9.17, 15) is 0 Å². The molecule has 1 aliphatic carbocycles. The quantitative estimate of drug-likeness (QED) is 0.346. The van der Waals surface area contributed by atoms with Gasteiger partial charge in [-0.1, -0.05) is 24.8 Å². The van der Waals surface area contributed by atoms with Crippen molar-refractivity contribution in [2.75, 3.05) is 0 Å². The second kappa shape index (κ2) is 4.11. The number of hydrogen-bond donors (Lipinski definition) is 2. The molecule has 0 bridgehead atoms. The van der Waals surface area contributed by atoms with Gasteiger partial charge in [-0.25, -0.2) is 5.43 Å². The number of allylic oxidation sites excluding steroid dienone is 5. The van der Waals surface area contributed by atoms with E-state index in [0.29, 0.717) is 0 Å². The van der Waals surface area contributed by atoms with E-state index in [2.05, 4.69) is 12.7 Å². The number of hydrogen-bond acceptors (Lipinski definition) is 1. The Labute approximate surface area is 67.4 Å². The molecule has 0 aliphatic heterocycles. The summed E-state index contributed by atoms with van der Waals surface area (Å²) in [5, 5.41) is 0. The summed E-state index contributed by atoms with van der Waals surface area (Å²) >= 11 is 0. The molecule has 4 N–H and O–H groups in total. The molecule has 0 unspecified atom stereocenters. The van der Waals surface area contributed by atoms with Gasteiger partial charge in [0.05, 0.1) is 0 Å². The molecule has 2 nitrogen and oxygen atoms in total. The fourth-order valence-electron chi connectivity index (χ4n) is 1.36. The largest absolute Gasteiger partial charge is 0.243 e. The van der Waals surface area contributed by atoms with Crippen LogP contribution in [0.3, 0.4) is 0 Å². The minimum atomic E-state index is 1.13. The molecule has 11 heavy (non-hydrogen) atoms. The lowest BCUT2D eigenvalue weighted by Gasteiger charge is -1.94. The number of rotatable bonds is 3. The van der Waals surface area contributed by atoms with E-state index >= 15 is 0 Å². The second-order valence-electron chi connectivity index (χ2n) is 2.67. The Hall–Kier alpha value is -0.860. The standard InChI is InChI=1S/C9H14N2/c1-2-3-5-8-6-4-7-9(8)11-10/h2-3,5,11H,1,4,6-7,10H2/p+1. The summed E-state index contributed by atoms with van der Waals surface area (Å²) in [4.78, 5) is 0. The van der Waals surface area contributed by atoms with E-state index in [-0.39, 0.29) is 0 Å². The van der Waals surface area contributed by atoms with Gasteiger partial charge in [0, 0.05) is 12.0 Å². The zero-order chi connectivity index (χ0) is 8.10. The molecule has 0 atom stereocenters. The molecular weight excluding hydrogens is 136 g/mol. The summed E-state index contributed by atoms with van der Waals surface area (Å²) < 4.78 is 0. The first-order valence-corrected chi connectivity index (χ1v) is 3.94. The SMILES string of the molecule is C=CC=CC1=C([NH2+]N)CCC1. The second-order valence-corrected chi connectivity index (χ2v) is 2.67. The predicted octanol–water partition coefficient (Wildman–Crippen LogP) is 0.604. The van der Waals surface area contributed by atoms with Gasteiger partial charge in [-0.05, 0) is 12.8 Å². The van der Waals surface area contributed by atoms with Gasteiger partial charge in [0.2, 0.25) is 0 Å². The van der Waals surface area contributed by atoms with Crippen molar-refractivity contribution >= 4 is 0 Å². The first-order chi connectivity index (χ1) is 5.38. The monoisotopic (exact) mass is 151 g/mol. The van der Waals surface area contributed by atoms with Crippen LogP contribution in [0, 0.1) is 0 Å². The van der Waals surface area contributed by atoms with Gasteiger partial charge in [-0.15, -0.1) is 0 Å². The highest BCUT2D eigenvalue weighted by atomic mass is 15.2. The van der Waals surface area contributed by atoms with Crippen LogP contribution in [-0.4, -0.2) is 0 Å². The van der Waals surface area contributed by atoms with E-state index in [1.807, 2.05) is 6.08 Å². The molecule has 0 aromatic carbocycles. The zero-order valence-corrected chi connectivity index (χ0v) is 6.72. The van der Waals surface area contributed by atoms with Gasteiger partial charge < -0.3 is 0 Å². The highest BCUT2D eigenvalue weighted by Gasteiger charge is 2.13. The summed E-state index contributed by atoms with van der Waals surface area (Å²) in [6.45, 7) is 3.62. The Morgan fingerprint density at radius 2 is 2.27 bits per heavy atom. The molecule has 0 aromatic heterocycles. The minimum Gasteiger partial charge on any atom is -0.243 e. The highest BCUT2D eigenvalue weighted by molar-refractivity contribution is 5.26. The molecule has 0 fully saturated rings. The van der Waals surface area contributed by atoms with Crippen LogP contribution in [0.5, 0.6) is 0 Å². The molecule has 0 radical (unpaired) electrons. The van der Waals surface area contributed by atoms with Gasteiger partial charge in [0.25, 0.3) is 0 Å². The molecule has 60 valence electrons. The van der Waals surface area contributed by atoms with Crippen molar-refractivity contribution < 1.29 is 5.43 Å². The molecule has 2 heteroatoms. The molecule has 0 spiro atoms. The van der Waals surface area contributed by atoms with Crippen LogP contribution in [0.4, 0.5) is 0 Å². The Kier molecular flexibility index (Phi) is 3.08. The average Bonchev–Trinajstić information content (AvgIpc) is 2.47. The summed E-state index contributed by atoms with van der Waals surface area (Å²) in [5.74, 6) is 5.45. The summed E-state index contributed by atoms with van der Waals surface area (Å²) in [5.41, 5.74) is 4.38. The molecule has 1 aliphatic rings. The summed E-state index contributed by atoms with van der Waals surface area (Å²) in [6, 6.07) is 0. The van der Waals surface area contributed by atoms with Crippen LogP contribution in [0.2, 0.25) is 0 Å². The lowest BCUT2D eigenvalue weighted by molar-refractivity contribution is -0.621. The minimum absolute atomic E-state index is 1.13. The van der Waals surface area contributed by atoms with Crippen LogP contribution in [-0.2, 0) is 0 Å². The first kappa shape index (κ1) is 8.24. The van der Waals surface area contributed by atoms with Crippen LogP contribution in [0.15, 0.2) is 36.1 Å². The Morgan fingerprint density at radius 3 is 2.91 bits per heavy atom. The van der Waals surface area contributed by atoms with Crippen molar-refractivity contribution in [1.82, 2.24) is 0 Å². The van der Waals surface area contributed by atoms with Gasteiger partial charge in [-0.3, -0.25) is 0 Å². The molecule has 0 aromatic rings. The fourth-order valence-corrected chi connectivity index (χ4v) is 1.36. The molecule has 1 rings (SSSR count). The van der Waals surface area contributed by atoms with Crippen LogP contribution < -0.4 is 11.3 Å². The normalized spacial score (nSPS) is 18.3. The van der Waals surface area contributed by atoms with E-state index in [0.717, 1.165) is 12.8 Å². The third kappa shape index (κ3) is 2.03. The summed E-state index contributed by atoms with van der Waals surface area (Å²) in [7, 11) is 0. The van der Waals surface area contributed by atoms with Crippen molar-refractivity contribution in [1.29, 1.82) is 0 Å². The molecule has 0 saturated heterocycles. The van der Waals surface area contributed by atoms with Gasteiger partial charge >= 0.3 is 0 Å². The third-order valence-corrected chi connectivity index (χ3v) is 1.94. The van der Waals surface area contributed by atoms with Crippen molar-refractivity contribution in [2.45, 2.75) is 19.3 Å². The lowest BCUT2D eigenvalue weighted by atomic mass is 10.2. The predicted molar refractivity (Wildman–Crippen MR) is 46.3 cm³/mol.